The van der Waals surface area contributed by atoms with E-state index in [4.69, 9.17) is 0 Å². The summed E-state index contributed by atoms with van der Waals surface area (Å²) in [7, 11) is 1.92. The van der Waals surface area contributed by atoms with Crippen LogP contribution in [0.15, 0.2) is 83.2 Å². The van der Waals surface area contributed by atoms with Gasteiger partial charge in [0.2, 0.25) is 0 Å². The number of carbonyl (C=O) groups excluding carboxylic acids is 1. The first-order chi connectivity index (χ1) is 16.3. The zero-order valence-corrected chi connectivity index (χ0v) is 20.6. The van der Waals surface area contributed by atoms with Crippen LogP contribution >= 0.6 is 11.8 Å². The van der Waals surface area contributed by atoms with Crippen LogP contribution in [0.4, 0.5) is 0 Å². The van der Waals surface area contributed by atoms with Gasteiger partial charge in [0.1, 0.15) is 0 Å². The van der Waals surface area contributed by atoms with E-state index in [1.807, 2.05) is 64.8 Å². The first kappa shape index (κ1) is 23.5. The molecule has 0 aliphatic heterocycles. The van der Waals surface area contributed by atoms with Crippen LogP contribution in [0.5, 0.6) is 0 Å². The lowest BCUT2D eigenvalue weighted by molar-refractivity contribution is -0.118. The maximum Gasteiger partial charge on any atom is 0.250 e. The molecule has 4 rings (SSSR count). The number of thioether (sulfide) groups is 1. The molecule has 0 spiro atoms. The maximum absolute atomic E-state index is 12.4. The van der Waals surface area contributed by atoms with Gasteiger partial charge >= 0.3 is 0 Å². The lowest BCUT2D eigenvalue weighted by Crippen LogP contribution is -2.20. The predicted octanol–water partition coefficient (Wildman–Crippen LogP) is 4.81. The van der Waals surface area contributed by atoms with Gasteiger partial charge in [0, 0.05) is 24.5 Å². The Balaban J connectivity index is 1.54. The number of para-hydroxylation sites is 1. The molecule has 1 N–H and O–H groups in total. The Morgan fingerprint density at radius 1 is 1.03 bits per heavy atom. The van der Waals surface area contributed by atoms with E-state index in [-0.39, 0.29) is 17.1 Å². The standard InChI is InChI=1S/C26H28N6OS/c1-26(2,3)20-14-12-19(13-15-20)24-29-30-25(32(24)21-9-6-5-7-10-21)34-18-23(33)28-27-17-22-11-8-16-31(22)4/h5-17H,18H2,1-4H3,(H,28,33)/b27-17-. The summed E-state index contributed by atoms with van der Waals surface area (Å²) in [6.07, 6.45) is 3.54. The summed E-state index contributed by atoms with van der Waals surface area (Å²) in [4.78, 5) is 12.4. The summed E-state index contributed by atoms with van der Waals surface area (Å²) < 4.78 is 3.90. The quantitative estimate of drug-likeness (QED) is 0.238. The highest BCUT2D eigenvalue weighted by Crippen LogP contribution is 2.30. The minimum Gasteiger partial charge on any atom is -0.350 e. The smallest absolute Gasteiger partial charge is 0.250 e. The summed E-state index contributed by atoms with van der Waals surface area (Å²) in [5.74, 6) is 0.684. The molecule has 0 fully saturated rings. The van der Waals surface area contributed by atoms with Crippen LogP contribution in [0, 0.1) is 0 Å². The molecule has 2 aromatic heterocycles. The Kier molecular flexibility index (Phi) is 6.98. The molecule has 0 atom stereocenters. The highest BCUT2D eigenvalue weighted by Gasteiger charge is 2.19. The van der Waals surface area contributed by atoms with Crippen LogP contribution in [-0.2, 0) is 17.3 Å². The SMILES string of the molecule is Cn1cccc1/C=N\NC(=O)CSc1nnc(-c2ccc(C(C)(C)C)cc2)n1-c1ccccc1. The average molecular weight is 473 g/mol. The Morgan fingerprint density at radius 3 is 2.41 bits per heavy atom. The summed E-state index contributed by atoms with van der Waals surface area (Å²) in [5, 5.41) is 13.6. The number of rotatable bonds is 7. The third-order valence-electron chi connectivity index (χ3n) is 5.36. The summed E-state index contributed by atoms with van der Waals surface area (Å²) >= 11 is 1.32. The van der Waals surface area contributed by atoms with Crippen molar-refractivity contribution in [3.8, 4) is 17.1 Å². The first-order valence-corrected chi connectivity index (χ1v) is 12.0. The van der Waals surface area contributed by atoms with Crippen LogP contribution in [0.25, 0.3) is 17.1 Å². The number of hydrazone groups is 1. The molecule has 174 valence electrons. The van der Waals surface area contributed by atoms with Crippen LogP contribution in [0.1, 0.15) is 32.0 Å². The lowest BCUT2D eigenvalue weighted by Gasteiger charge is -2.19. The molecule has 2 aromatic carbocycles. The number of carbonyl (C=O) groups is 1. The molecule has 0 saturated heterocycles. The van der Waals surface area contributed by atoms with Crippen LogP contribution in [-0.4, -0.2) is 37.2 Å². The fourth-order valence-electron chi connectivity index (χ4n) is 3.42. The minimum atomic E-state index is -0.214. The second kappa shape index (κ2) is 10.1. The van der Waals surface area contributed by atoms with E-state index in [2.05, 4.69) is 65.8 Å². The highest BCUT2D eigenvalue weighted by atomic mass is 32.2. The Bertz CT molecular complexity index is 1280. The molecule has 34 heavy (non-hydrogen) atoms. The minimum absolute atomic E-state index is 0.0721. The zero-order chi connectivity index (χ0) is 24.1. The van der Waals surface area contributed by atoms with Crippen molar-refractivity contribution in [3.63, 3.8) is 0 Å². The van der Waals surface area contributed by atoms with Crippen LogP contribution in [0.3, 0.4) is 0 Å². The largest absolute Gasteiger partial charge is 0.350 e. The number of aryl methyl sites for hydroxylation is 1. The third kappa shape index (κ3) is 5.46. The van der Waals surface area contributed by atoms with Crippen molar-refractivity contribution >= 4 is 23.9 Å². The fourth-order valence-corrected chi connectivity index (χ4v) is 4.17. The van der Waals surface area contributed by atoms with E-state index >= 15 is 0 Å². The van der Waals surface area contributed by atoms with Crippen molar-refractivity contribution in [1.29, 1.82) is 0 Å². The van der Waals surface area contributed by atoms with Crippen LogP contribution < -0.4 is 5.43 Å². The van der Waals surface area contributed by atoms with Crippen molar-refractivity contribution in [2.45, 2.75) is 31.3 Å². The molecule has 0 aliphatic rings. The maximum atomic E-state index is 12.4. The van der Waals surface area contributed by atoms with Gasteiger partial charge in [-0.25, -0.2) is 5.43 Å². The highest BCUT2D eigenvalue weighted by molar-refractivity contribution is 7.99. The molecule has 0 aliphatic carbocycles. The number of aromatic nitrogens is 4. The van der Waals surface area contributed by atoms with Gasteiger partial charge in [0.25, 0.3) is 5.91 Å². The van der Waals surface area contributed by atoms with E-state index < -0.39 is 0 Å². The Morgan fingerprint density at radius 2 is 1.76 bits per heavy atom. The van der Waals surface area contributed by atoms with Crippen molar-refractivity contribution in [2.75, 3.05) is 5.75 Å². The number of hydrogen-bond donors (Lipinski definition) is 1. The van der Waals surface area contributed by atoms with Gasteiger partial charge in [0.05, 0.1) is 17.7 Å². The van der Waals surface area contributed by atoms with Gasteiger partial charge in [-0.1, -0.05) is 75.0 Å². The molecule has 1 amide bonds. The lowest BCUT2D eigenvalue weighted by atomic mass is 9.87. The molecule has 0 saturated carbocycles. The summed E-state index contributed by atoms with van der Waals surface area (Å²) in [6, 6.07) is 22.2. The van der Waals surface area contributed by atoms with Gasteiger partial charge in [0.15, 0.2) is 11.0 Å². The van der Waals surface area contributed by atoms with E-state index in [1.165, 1.54) is 17.3 Å². The van der Waals surface area contributed by atoms with Crippen LogP contribution in [0.2, 0.25) is 0 Å². The molecule has 0 unspecified atom stereocenters. The summed E-state index contributed by atoms with van der Waals surface area (Å²) in [6.45, 7) is 6.58. The van der Waals surface area contributed by atoms with E-state index in [1.54, 1.807) is 6.21 Å². The average Bonchev–Trinajstić information content (AvgIpc) is 3.44. The zero-order valence-electron chi connectivity index (χ0n) is 19.8. The topological polar surface area (TPSA) is 77.1 Å². The van der Waals surface area contributed by atoms with Gasteiger partial charge in [-0.15, -0.1) is 10.2 Å². The van der Waals surface area contributed by atoms with E-state index in [0.29, 0.717) is 5.16 Å². The third-order valence-corrected chi connectivity index (χ3v) is 6.29. The molecular weight excluding hydrogens is 444 g/mol. The van der Waals surface area contributed by atoms with E-state index in [9.17, 15) is 4.79 Å². The number of amides is 1. The number of hydrogen-bond acceptors (Lipinski definition) is 5. The normalized spacial score (nSPS) is 11.8. The van der Waals surface area contributed by atoms with E-state index in [0.717, 1.165) is 22.8 Å². The number of nitrogens with one attached hydrogen (secondary N) is 1. The fraction of sp³-hybridized carbons (Fsp3) is 0.231. The molecule has 0 bridgehead atoms. The second-order valence-corrected chi connectivity index (χ2v) is 9.87. The van der Waals surface area contributed by atoms with Gasteiger partial charge in [-0.3, -0.25) is 9.36 Å². The second-order valence-electron chi connectivity index (χ2n) is 8.93. The van der Waals surface area contributed by atoms with Crippen molar-refractivity contribution in [3.05, 3.63) is 84.2 Å². The molecule has 8 heteroatoms. The Labute approximate surface area is 203 Å². The summed E-state index contributed by atoms with van der Waals surface area (Å²) in [5.41, 5.74) is 6.71. The Hall–Kier alpha value is -3.65. The van der Waals surface area contributed by atoms with Gasteiger partial charge < -0.3 is 4.57 Å². The van der Waals surface area contributed by atoms with Crippen molar-refractivity contribution in [1.82, 2.24) is 24.8 Å². The van der Waals surface area contributed by atoms with Gasteiger partial charge in [-0.05, 0) is 35.2 Å². The molecule has 2 heterocycles. The molecular formula is C26H28N6OS. The molecule has 0 radical (unpaired) electrons. The molecule has 4 aromatic rings. The predicted molar refractivity (Wildman–Crippen MR) is 137 cm³/mol. The number of benzene rings is 2. The van der Waals surface area contributed by atoms with Crippen molar-refractivity contribution in [2.24, 2.45) is 12.1 Å². The number of nitrogens with zero attached hydrogens (tertiary/aromatic N) is 5. The van der Waals surface area contributed by atoms with Crippen molar-refractivity contribution < 1.29 is 4.79 Å². The monoisotopic (exact) mass is 472 g/mol. The van der Waals surface area contributed by atoms with Gasteiger partial charge in [-0.2, -0.15) is 5.10 Å². The molecule has 7 nitrogen and oxygen atoms in total. The first-order valence-electron chi connectivity index (χ1n) is 11.0.